The van der Waals surface area contributed by atoms with E-state index in [1.54, 1.807) is 0 Å². The molecule has 0 aromatic carbocycles. The van der Waals surface area contributed by atoms with Crippen molar-refractivity contribution in [2.45, 2.75) is 13.3 Å². The number of nitrogens with two attached hydrogens (primary N) is 1. The van der Waals surface area contributed by atoms with Crippen molar-refractivity contribution in [2.24, 2.45) is 11.7 Å². The van der Waals surface area contributed by atoms with Crippen LogP contribution in [0.5, 0.6) is 0 Å². The summed E-state index contributed by atoms with van der Waals surface area (Å²) in [6.45, 7) is 6.14. The van der Waals surface area contributed by atoms with Crippen LogP contribution in [-0.4, -0.2) is 19.0 Å². The second-order valence-electron chi connectivity index (χ2n) is 2.71. The van der Waals surface area contributed by atoms with Crippen LogP contribution in [0.2, 0.25) is 0 Å². The number of halogens is 1. The molecule has 4 heteroatoms. The first-order valence-electron chi connectivity index (χ1n) is 3.89. The minimum absolute atomic E-state index is 0.0257. The summed E-state index contributed by atoms with van der Waals surface area (Å²) in [5.41, 5.74) is 5.30. The van der Waals surface area contributed by atoms with E-state index in [4.69, 9.17) is 17.3 Å². The fourth-order valence-electron chi connectivity index (χ4n) is 0.738. The Labute approximate surface area is 78.0 Å². The summed E-state index contributed by atoms with van der Waals surface area (Å²) >= 11 is 5.47. The van der Waals surface area contributed by atoms with Gasteiger partial charge in [0.25, 0.3) is 0 Å². The lowest BCUT2D eigenvalue weighted by Gasteiger charge is -2.09. The van der Waals surface area contributed by atoms with E-state index >= 15 is 0 Å². The van der Waals surface area contributed by atoms with Crippen LogP contribution >= 0.6 is 11.6 Å². The van der Waals surface area contributed by atoms with Crippen molar-refractivity contribution in [1.82, 2.24) is 5.32 Å². The van der Waals surface area contributed by atoms with E-state index in [1.165, 1.54) is 0 Å². The molecule has 3 N–H and O–H groups in total. The maximum Gasteiger partial charge on any atom is 0.223 e. The Balaban J connectivity index is 3.64. The number of carbonyl (C=O) groups is 1. The zero-order valence-corrected chi connectivity index (χ0v) is 8.03. The van der Waals surface area contributed by atoms with Crippen LogP contribution in [0, 0.1) is 5.92 Å². The van der Waals surface area contributed by atoms with Crippen LogP contribution in [-0.2, 0) is 4.79 Å². The Kier molecular flexibility index (Phi) is 5.76. The molecule has 0 radical (unpaired) electrons. The molecule has 0 fully saturated rings. The van der Waals surface area contributed by atoms with Crippen LogP contribution in [0.15, 0.2) is 11.6 Å². The predicted molar refractivity (Wildman–Crippen MR) is 50.8 cm³/mol. The largest absolute Gasteiger partial charge is 0.351 e. The second-order valence-corrected chi connectivity index (χ2v) is 3.25. The molecule has 3 nitrogen and oxygen atoms in total. The Morgan fingerprint density at radius 2 is 2.33 bits per heavy atom. The van der Waals surface area contributed by atoms with Gasteiger partial charge in [-0.15, -0.1) is 0 Å². The van der Waals surface area contributed by atoms with Gasteiger partial charge in [0.05, 0.1) is 6.54 Å². The number of hydrogen-bond donors (Lipinski definition) is 2. The molecule has 1 atom stereocenters. The summed E-state index contributed by atoms with van der Waals surface area (Å²) < 4.78 is 0. The average molecular weight is 191 g/mol. The van der Waals surface area contributed by atoms with Gasteiger partial charge in [-0.1, -0.05) is 25.1 Å². The number of hydrogen-bond acceptors (Lipinski definition) is 2. The topological polar surface area (TPSA) is 55.1 Å². The zero-order valence-electron chi connectivity index (χ0n) is 7.27. The summed E-state index contributed by atoms with van der Waals surface area (Å²) in [6.07, 6.45) is 0.695. The number of rotatable bonds is 5. The summed E-state index contributed by atoms with van der Waals surface area (Å²) in [5, 5.41) is 3.07. The van der Waals surface area contributed by atoms with E-state index in [9.17, 15) is 4.79 Å². The molecule has 1 unspecified atom stereocenters. The normalized spacial score (nSPS) is 12.2. The van der Waals surface area contributed by atoms with E-state index in [2.05, 4.69) is 11.9 Å². The molecule has 70 valence electrons. The molecule has 0 aliphatic heterocycles. The first-order chi connectivity index (χ1) is 5.57. The molecule has 12 heavy (non-hydrogen) atoms. The summed E-state index contributed by atoms with van der Waals surface area (Å²) in [5.74, 6) is -0.0757. The third-order valence-corrected chi connectivity index (χ3v) is 1.64. The maximum atomic E-state index is 11.2. The molecular weight excluding hydrogens is 176 g/mol. The molecule has 0 aromatic rings. The van der Waals surface area contributed by atoms with E-state index in [1.807, 2.05) is 6.92 Å². The third-order valence-electron chi connectivity index (χ3n) is 1.50. The molecule has 0 aromatic heterocycles. The van der Waals surface area contributed by atoms with Crippen molar-refractivity contribution >= 4 is 17.5 Å². The van der Waals surface area contributed by atoms with Gasteiger partial charge in [0, 0.05) is 11.0 Å². The smallest absolute Gasteiger partial charge is 0.223 e. The van der Waals surface area contributed by atoms with Gasteiger partial charge in [0.2, 0.25) is 5.91 Å². The highest BCUT2D eigenvalue weighted by molar-refractivity contribution is 6.29. The van der Waals surface area contributed by atoms with Crippen molar-refractivity contribution in [3.63, 3.8) is 0 Å². The zero-order chi connectivity index (χ0) is 9.56. The van der Waals surface area contributed by atoms with Gasteiger partial charge in [-0.05, 0) is 13.0 Å². The van der Waals surface area contributed by atoms with E-state index in [0.717, 1.165) is 0 Å². The molecule has 1 amide bonds. The summed E-state index contributed by atoms with van der Waals surface area (Å²) in [4.78, 5) is 11.2. The first kappa shape index (κ1) is 11.5. The second kappa shape index (κ2) is 6.03. The fraction of sp³-hybridized carbons (Fsp3) is 0.625. The highest BCUT2D eigenvalue weighted by Gasteiger charge is 2.10. The van der Waals surface area contributed by atoms with Crippen LogP contribution < -0.4 is 11.1 Å². The molecule has 0 saturated carbocycles. The fourth-order valence-corrected chi connectivity index (χ4v) is 0.805. The van der Waals surface area contributed by atoms with E-state index < -0.39 is 0 Å². The van der Waals surface area contributed by atoms with Crippen LogP contribution in [0.25, 0.3) is 0 Å². The molecule has 0 heterocycles. The maximum absolute atomic E-state index is 11.2. The quantitative estimate of drug-likeness (QED) is 0.675. The Bertz CT molecular complexity index is 170. The lowest BCUT2D eigenvalue weighted by atomic mass is 10.1. The van der Waals surface area contributed by atoms with E-state index in [0.29, 0.717) is 24.5 Å². The van der Waals surface area contributed by atoms with Crippen molar-refractivity contribution in [3.8, 4) is 0 Å². The van der Waals surface area contributed by atoms with Gasteiger partial charge < -0.3 is 11.1 Å². The van der Waals surface area contributed by atoms with Crippen LogP contribution in [0.3, 0.4) is 0 Å². The SMILES string of the molecule is C=C(Cl)CNC(=O)C(C)CCN. The van der Waals surface area contributed by atoms with Crippen molar-refractivity contribution in [1.29, 1.82) is 0 Å². The third kappa shape index (κ3) is 5.16. The highest BCUT2D eigenvalue weighted by atomic mass is 35.5. The summed E-state index contributed by atoms with van der Waals surface area (Å²) in [6, 6.07) is 0. The van der Waals surface area contributed by atoms with Crippen LogP contribution in [0.4, 0.5) is 0 Å². The Morgan fingerprint density at radius 1 is 1.75 bits per heavy atom. The number of nitrogens with one attached hydrogen (secondary N) is 1. The monoisotopic (exact) mass is 190 g/mol. The minimum Gasteiger partial charge on any atom is -0.351 e. The molecule has 0 bridgehead atoms. The van der Waals surface area contributed by atoms with Crippen molar-refractivity contribution in [2.75, 3.05) is 13.1 Å². The van der Waals surface area contributed by atoms with Gasteiger partial charge in [0.1, 0.15) is 0 Å². The molecule has 0 aliphatic rings. The molecule has 0 rings (SSSR count). The predicted octanol–water partition coefficient (Wildman–Crippen LogP) is 0.840. The van der Waals surface area contributed by atoms with Crippen molar-refractivity contribution in [3.05, 3.63) is 11.6 Å². The van der Waals surface area contributed by atoms with Crippen molar-refractivity contribution < 1.29 is 4.79 Å². The lowest BCUT2D eigenvalue weighted by Crippen LogP contribution is -2.31. The number of carbonyl (C=O) groups excluding carboxylic acids is 1. The standard InChI is InChI=1S/C8H15ClN2O/c1-6(3-4-10)8(12)11-5-7(2)9/h6H,2-5,10H2,1H3,(H,11,12). The van der Waals surface area contributed by atoms with Gasteiger partial charge >= 0.3 is 0 Å². The molecular formula is C8H15ClN2O. The van der Waals surface area contributed by atoms with Gasteiger partial charge in [-0.2, -0.15) is 0 Å². The lowest BCUT2D eigenvalue weighted by molar-refractivity contribution is -0.124. The summed E-state index contributed by atoms with van der Waals surface area (Å²) in [7, 11) is 0. The minimum atomic E-state index is -0.0500. The van der Waals surface area contributed by atoms with E-state index in [-0.39, 0.29) is 11.8 Å². The van der Waals surface area contributed by atoms with Crippen LogP contribution in [0.1, 0.15) is 13.3 Å². The average Bonchev–Trinajstić information content (AvgIpc) is 2.00. The molecule has 0 saturated heterocycles. The molecule has 0 spiro atoms. The highest BCUT2D eigenvalue weighted by Crippen LogP contribution is 2.00. The molecule has 0 aliphatic carbocycles. The first-order valence-corrected chi connectivity index (χ1v) is 4.26. The van der Waals surface area contributed by atoms with Gasteiger partial charge in [-0.3, -0.25) is 4.79 Å². The van der Waals surface area contributed by atoms with Gasteiger partial charge in [0.15, 0.2) is 0 Å². The number of amides is 1. The Morgan fingerprint density at radius 3 is 2.75 bits per heavy atom. The van der Waals surface area contributed by atoms with Gasteiger partial charge in [-0.25, -0.2) is 0 Å². The Hall–Kier alpha value is -0.540.